The summed E-state index contributed by atoms with van der Waals surface area (Å²) in [7, 11) is 0. The monoisotopic (exact) mass is 281 g/mol. The number of likely N-dealkylation sites (tertiary alicyclic amines) is 2. The van der Waals surface area contributed by atoms with E-state index in [1.165, 1.54) is 32.4 Å². The Labute approximate surface area is 118 Å². The van der Waals surface area contributed by atoms with Crippen LogP contribution in [-0.4, -0.2) is 52.9 Å². The average Bonchev–Trinajstić information content (AvgIpc) is 3.09. The molecule has 2 aliphatic rings. The molecule has 0 saturated carbocycles. The fraction of sp³-hybridized carbons (Fsp3) is 0.643. The molecule has 2 fully saturated rings. The van der Waals surface area contributed by atoms with Crippen LogP contribution < -0.4 is 0 Å². The summed E-state index contributed by atoms with van der Waals surface area (Å²) in [6.45, 7) is 4.11. The van der Waals surface area contributed by atoms with Crippen LogP contribution in [0.5, 0.6) is 0 Å². The minimum absolute atomic E-state index is 0.0794. The highest BCUT2D eigenvalue weighted by Crippen LogP contribution is 2.22. The number of aromatic nitrogens is 1. The quantitative estimate of drug-likeness (QED) is 0.904. The van der Waals surface area contributed by atoms with Crippen LogP contribution in [0.1, 0.15) is 36.2 Å². The van der Waals surface area contributed by atoms with E-state index in [2.05, 4.69) is 9.88 Å². The zero-order chi connectivity index (χ0) is 13.2. The first-order chi connectivity index (χ1) is 9.24. The van der Waals surface area contributed by atoms with E-state index in [1.807, 2.05) is 4.90 Å². The summed E-state index contributed by atoms with van der Waals surface area (Å²) < 4.78 is 0. The second kappa shape index (κ2) is 5.55. The molecule has 0 aliphatic carbocycles. The predicted octanol–water partition coefficient (Wildman–Crippen LogP) is 2.37. The van der Waals surface area contributed by atoms with Crippen LogP contribution in [0.4, 0.5) is 0 Å². The molecule has 1 amide bonds. The van der Waals surface area contributed by atoms with E-state index < -0.39 is 0 Å². The lowest BCUT2D eigenvalue weighted by atomic mass is 10.0. The minimum atomic E-state index is 0.0794. The van der Waals surface area contributed by atoms with Gasteiger partial charge in [-0.25, -0.2) is 0 Å². The number of nitrogens with one attached hydrogen (secondary N) is 1. The molecule has 2 aliphatic heterocycles. The van der Waals surface area contributed by atoms with Crippen molar-refractivity contribution in [3.8, 4) is 0 Å². The normalized spacial score (nSPS) is 24.9. The van der Waals surface area contributed by atoms with Gasteiger partial charge >= 0.3 is 0 Å². The number of piperidine rings is 1. The zero-order valence-electron chi connectivity index (χ0n) is 11.1. The molecule has 1 aromatic rings. The molecular formula is C14H20ClN3O. The van der Waals surface area contributed by atoms with Gasteiger partial charge in [-0.1, -0.05) is 11.6 Å². The minimum Gasteiger partial charge on any atom is -0.356 e. The predicted molar refractivity (Wildman–Crippen MR) is 75.5 cm³/mol. The first-order valence-corrected chi connectivity index (χ1v) is 7.49. The van der Waals surface area contributed by atoms with Gasteiger partial charge < -0.3 is 9.88 Å². The third-order valence-corrected chi connectivity index (χ3v) is 4.44. The van der Waals surface area contributed by atoms with Crippen LogP contribution in [-0.2, 0) is 0 Å². The van der Waals surface area contributed by atoms with E-state index in [4.69, 9.17) is 11.6 Å². The Morgan fingerprint density at radius 1 is 1.26 bits per heavy atom. The Morgan fingerprint density at radius 2 is 2.05 bits per heavy atom. The number of halogens is 1. The molecule has 104 valence electrons. The van der Waals surface area contributed by atoms with Gasteiger partial charge in [0.25, 0.3) is 5.91 Å². The summed E-state index contributed by atoms with van der Waals surface area (Å²) in [5.41, 5.74) is 0.604. The molecule has 0 unspecified atom stereocenters. The fourth-order valence-electron chi connectivity index (χ4n) is 3.21. The maximum atomic E-state index is 12.4. The molecular weight excluding hydrogens is 262 g/mol. The van der Waals surface area contributed by atoms with Crippen molar-refractivity contribution in [1.82, 2.24) is 14.8 Å². The molecule has 19 heavy (non-hydrogen) atoms. The largest absolute Gasteiger partial charge is 0.356 e. The maximum absolute atomic E-state index is 12.4. The van der Waals surface area contributed by atoms with Crippen LogP contribution in [0.3, 0.4) is 0 Å². The molecule has 5 heteroatoms. The van der Waals surface area contributed by atoms with Crippen LogP contribution >= 0.6 is 11.6 Å². The standard InChI is InChI=1S/C14H20ClN3O/c15-11-8-13(16-9-11)14(19)18-7-3-4-12(10-18)17-5-1-2-6-17/h8-9,12,16H,1-7,10H2/t12-/m1/s1. The number of H-pyrrole nitrogens is 1. The van der Waals surface area contributed by atoms with Crippen molar-refractivity contribution in [3.63, 3.8) is 0 Å². The average molecular weight is 282 g/mol. The Kier molecular flexibility index (Phi) is 3.80. The number of aromatic amines is 1. The van der Waals surface area contributed by atoms with Crippen molar-refractivity contribution >= 4 is 17.5 Å². The van der Waals surface area contributed by atoms with Crippen molar-refractivity contribution < 1.29 is 4.79 Å². The lowest BCUT2D eigenvalue weighted by Gasteiger charge is -2.37. The van der Waals surface area contributed by atoms with Gasteiger partial charge in [0.2, 0.25) is 0 Å². The number of amides is 1. The number of hydrogen-bond acceptors (Lipinski definition) is 2. The molecule has 0 radical (unpaired) electrons. The molecule has 3 heterocycles. The molecule has 4 nitrogen and oxygen atoms in total. The Bertz CT molecular complexity index is 453. The van der Waals surface area contributed by atoms with Gasteiger partial charge in [-0.15, -0.1) is 0 Å². The van der Waals surface area contributed by atoms with Crippen molar-refractivity contribution in [2.45, 2.75) is 31.7 Å². The van der Waals surface area contributed by atoms with Crippen LogP contribution in [0.2, 0.25) is 5.02 Å². The summed E-state index contributed by atoms with van der Waals surface area (Å²) in [6, 6.07) is 2.26. The summed E-state index contributed by atoms with van der Waals surface area (Å²) in [6.07, 6.45) is 6.58. The van der Waals surface area contributed by atoms with Gasteiger partial charge in [0.05, 0.1) is 5.02 Å². The summed E-state index contributed by atoms with van der Waals surface area (Å²) in [4.78, 5) is 19.9. The first kappa shape index (κ1) is 13.0. The second-order valence-electron chi connectivity index (χ2n) is 5.52. The van der Waals surface area contributed by atoms with Gasteiger partial charge in [0, 0.05) is 25.3 Å². The van der Waals surface area contributed by atoms with Gasteiger partial charge in [0.15, 0.2) is 0 Å². The molecule has 1 aromatic heterocycles. The summed E-state index contributed by atoms with van der Waals surface area (Å²) in [5, 5.41) is 0.594. The molecule has 2 saturated heterocycles. The Balaban J connectivity index is 1.65. The van der Waals surface area contributed by atoms with E-state index in [9.17, 15) is 4.79 Å². The smallest absolute Gasteiger partial charge is 0.270 e. The fourth-order valence-corrected chi connectivity index (χ4v) is 3.37. The van der Waals surface area contributed by atoms with Crippen molar-refractivity contribution in [3.05, 3.63) is 23.0 Å². The van der Waals surface area contributed by atoms with Gasteiger partial charge in [0.1, 0.15) is 5.69 Å². The highest BCUT2D eigenvalue weighted by molar-refractivity contribution is 6.30. The van der Waals surface area contributed by atoms with Gasteiger partial charge in [-0.05, 0) is 44.8 Å². The number of carbonyl (C=O) groups excluding carboxylic acids is 1. The Hall–Kier alpha value is -1.00. The lowest BCUT2D eigenvalue weighted by Crippen LogP contribution is -2.49. The molecule has 1 atom stereocenters. The third kappa shape index (κ3) is 2.79. The number of carbonyl (C=O) groups is 1. The second-order valence-corrected chi connectivity index (χ2v) is 5.96. The van der Waals surface area contributed by atoms with Crippen molar-refractivity contribution in [2.75, 3.05) is 26.2 Å². The summed E-state index contributed by atoms with van der Waals surface area (Å²) in [5.74, 6) is 0.0794. The molecule has 3 rings (SSSR count). The molecule has 0 aromatic carbocycles. The third-order valence-electron chi connectivity index (χ3n) is 4.22. The van der Waals surface area contributed by atoms with Crippen LogP contribution in [0.15, 0.2) is 12.3 Å². The zero-order valence-corrected chi connectivity index (χ0v) is 11.8. The highest BCUT2D eigenvalue weighted by atomic mass is 35.5. The summed E-state index contributed by atoms with van der Waals surface area (Å²) >= 11 is 5.87. The Morgan fingerprint density at radius 3 is 2.74 bits per heavy atom. The van der Waals surface area contributed by atoms with E-state index in [1.54, 1.807) is 12.3 Å². The number of nitrogens with zero attached hydrogens (tertiary/aromatic N) is 2. The SMILES string of the molecule is O=C(c1cc(Cl)c[nH]1)N1CCC[C@@H](N2CCCC2)C1. The highest BCUT2D eigenvalue weighted by Gasteiger charge is 2.29. The lowest BCUT2D eigenvalue weighted by molar-refractivity contribution is 0.0603. The molecule has 0 bridgehead atoms. The van der Waals surface area contributed by atoms with E-state index in [0.29, 0.717) is 16.8 Å². The van der Waals surface area contributed by atoms with E-state index >= 15 is 0 Å². The van der Waals surface area contributed by atoms with Crippen LogP contribution in [0, 0.1) is 0 Å². The van der Waals surface area contributed by atoms with Gasteiger partial charge in [-0.3, -0.25) is 9.69 Å². The maximum Gasteiger partial charge on any atom is 0.270 e. The van der Waals surface area contributed by atoms with Crippen molar-refractivity contribution in [2.24, 2.45) is 0 Å². The molecule has 1 N–H and O–H groups in total. The first-order valence-electron chi connectivity index (χ1n) is 7.11. The number of hydrogen-bond donors (Lipinski definition) is 1. The van der Waals surface area contributed by atoms with Crippen LogP contribution in [0.25, 0.3) is 0 Å². The van der Waals surface area contributed by atoms with Crippen molar-refractivity contribution in [1.29, 1.82) is 0 Å². The molecule has 0 spiro atoms. The number of rotatable bonds is 2. The van der Waals surface area contributed by atoms with E-state index in [-0.39, 0.29) is 5.91 Å². The topological polar surface area (TPSA) is 39.3 Å². The van der Waals surface area contributed by atoms with Gasteiger partial charge in [-0.2, -0.15) is 0 Å². The van der Waals surface area contributed by atoms with E-state index in [0.717, 1.165) is 19.5 Å².